The van der Waals surface area contributed by atoms with Crippen LogP contribution in [0.25, 0.3) is 11.4 Å². The van der Waals surface area contributed by atoms with Crippen molar-refractivity contribution in [1.29, 1.82) is 0 Å². The lowest BCUT2D eigenvalue weighted by Gasteiger charge is -2.27. The highest BCUT2D eigenvalue weighted by Crippen LogP contribution is 2.22. The fourth-order valence-electron chi connectivity index (χ4n) is 3.14. The molecule has 3 heterocycles. The fraction of sp³-hybridized carbons (Fsp3) is 0.211. The molecule has 7 heteroatoms. The van der Waals surface area contributed by atoms with Gasteiger partial charge in [0.25, 0.3) is 5.56 Å². The Labute approximate surface area is 164 Å². The highest BCUT2D eigenvalue weighted by molar-refractivity contribution is 9.10. The topological polar surface area (TPSA) is 61.9 Å². The van der Waals surface area contributed by atoms with Gasteiger partial charge in [0.05, 0.1) is 11.3 Å². The lowest BCUT2D eigenvalue weighted by Crippen LogP contribution is -2.35. The molecule has 0 spiro atoms. The summed E-state index contributed by atoms with van der Waals surface area (Å²) in [6.45, 7) is 2.18. The maximum absolute atomic E-state index is 12.6. The lowest BCUT2D eigenvalue weighted by atomic mass is 10.1. The van der Waals surface area contributed by atoms with E-state index < -0.39 is 0 Å². The van der Waals surface area contributed by atoms with E-state index in [0.717, 1.165) is 46.5 Å². The maximum Gasteiger partial charge on any atom is 0.255 e. The van der Waals surface area contributed by atoms with Crippen LogP contribution in [0, 0.1) is 0 Å². The average Bonchev–Trinajstić information content (AvgIpc) is 2.64. The van der Waals surface area contributed by atoms with Gasteiger partial charge in [-0.2, -0.15) is 0 Å². The first kappa shape index (κ1) is 17.4. The largest absolute Gasteiger partial charge is 0.306 e. The molecule has 1 aromatic carbocycles. The molecule has 0 unspecified atom stereocenters. The molecule has 0 fully saturated rings. The lowest BCUT2D eigenvalue weighted by molar-refractivity contribution is 0.241. The number of benzene rings is 1. The van der Waals surface area contributed by atoms with Crippen molar-refractivity contribution >= 4 is 27.5 Å². The molecule has 0 amide bonds. The molecule has 1 N–H and O–H groups in total. The van der Waals surface area contributed by atoms with Crippen molar-refractivity contribution in [2.24, 2.45) is 0 Å². The SMILES string of the molecule is O=c1[nH]c(-c2ccc(Cl)cc2)nc2c1CN(Cc1cccnc1Br)CC2. The molecule has 0 bridgehead atoms. The molecule has 132 valence electrons. The first-order chi connectivity index (χ1) is 12.6. The molecular weight excluding hydrogens is 416 g/mol. The van der Waals surface area contributed by atoms with Crippen LogP contribution in [0.5, 0.6) is 0 Å². The van der Waals surface area contributed by atoms with E-state index in [4.69, 9.17) is 11.6 Å². The van der Waals surface area contributed by atoms with Gasteiger partial charge >= 0.3 is 0 Å². The van der Waals surface area contributed by atoms with Gasteiger partial charge in [-0.25, -0.2) is 9.97 Å². The zero-order valence-corrected chi connectivity index (χ0v) is 16.2. The quantitative estimate of drug-likeness (QED) is 0.641. The number of aromatic amines is 1. The number of halogens is 2. The molecule has 1 aliphatic rings. The molecular formula is C19H16BrClN4O. The minimum Gasteiger partial charge on any atom is -0.306 e. The van der Waals surface area contributed by atoms with E-state index in [0.29, 0.717) is 17.4 Å². The second-order valence-electron chi connectivity index (χ2n) is 6.26. The van der Waals surface area contributed by atoms with E-state index in [-0.39, 0.29) is 5.56 Å². The van der Waals surface area contributed by atoms with E-state index in [1.807, 2.05) is 24.3 Å². The Morgan fingerprint density at radius 2 is 2.04 bits per heavy atom. The summed E-state index contributed by atoms with van der Waals surface area (Å²) in [4.78, 5) is 26.7. The zero-order valence-electron chi connectivity index (χ0n) is 13.9. The molecule has 2 aromatic heterocycles. The Morgan fingerprint density at radius 1 is 1.23 bits per heavy atom. The number of hydrogen-bond donors (Lipinski definition) is 1. The van der Waals surface area contributed by atoms with E-state index in [1.54, 1.807) is 18.3 Å². The Bertz CT molecular complexity index is 1000. The molecule has 4 rings (SSSR count). The summed E-state index contributed by atoms with van der Waals surface area (Å²) < 4.78 is 0.843. The van der Waals surface area contributed by atoms with Gasteiger partial charge in [0.2, 0.25) is 0 Å². The third-order valence-corrected chi connectivity index (χ3v) is 5.46. The summed E-state index contributed by atoms with van der Waals surface area (Å²) >= 11 is 9.42. The highest BCUT2D eigenvalue weighted by Gasteiger charge is 2.22. The first-order valence-electron chi connectivity index (χ1n) is 8.30. The van der Waals surface area contributed by atoms with Crippen LogP contribution in [0.1, 0.15) is 16.8 Å². The third kappa shape index (κ3) is 3.58. The minimum atomic E-state index is -0.0742. The Balaban J connectivity index is 1.59. The molecule has 0 radical (unpaired) electrons. The number of nitrogens with zero attached hydrogens (tertiary/aromatic N) is 3. The van der Waals surface area contributed by atoms with Crippen LogP contribution < -0.4 is 5.56 Å². The van der Waals surface area contributed by atoms with Crippen LogP contribution in [-0.2, 0) is 19.5 Å². The molecule has 5 nitrogen and oxygen atoms in total. The van der Waals surface area contributed by atoms with Crippen LogP contribution >= 0.6 is 27.5 Å². The third-order valence-electron chi connectivity index (χ3n) is 4.50. The van der Waals surface area contributed by atoms with Gasteiger partial charge in [0, 0.05) is 42.8 Å². The average molecular weight is 432 g/mol. The van der Waals surface area contributed by atoms with Gasteiger partial charge < -0.3 is 4.98 Å². The predicted octanol–water partition coefficient (Wildman–Crippen LogP) is 3.81. The standard InChI is InChI=1S/C19H16BrClN4O/c20-17-13(2-1-8-22-17)10-25-9-7-16-15(11-25)19(26)24-18(23-16)12-3-5-14(21)6-4-12/h1-6,8H,7,9-11H2,(H,23,24,26). The van der Waals surface area contributed by atoms with E-state index >= 15 is 0 Å². The summed E-state index contributed by atoms with van der Waals surface area (Å²) in [5.41, 5.74) is 3.51. The van der Waals surface area contributed by atoms with Crippen LogP contribution in [0.2, 0.25) is 5.02 Å². The van der Waals surface area contributed by atoms with Crippen LogP contribution in [0.3, 0.4) is 0 Å². The fourth-order valence-corrected chi connectivity index (χ4v) is 3.64. The highest BCUT2D eigenvalue weighted by atomic mass is 79.9. The zero-order chi connectivity index (χ0) is 18.1. The Hall–Kier alpha value is -2.02. The van der Waals surface area contributed by atoms with Gasteiger partial charge in [0.1, 0.15) is 10.4 Å². The number of rotatable bonds is 3. The summed E-state index contributed by atoms with van der Waals surface area (Å²) in [7, 11) is 0. The summed E-state index contributed by atoms with van der Waals surface area (Å²) in [5, 5.41) is 0.659. The van der Waals surface area contributed by atoms with Gasteiger partial charge in [-0.05, 0) is 51.8 Å². The maximum atomic E-state index is 12.6. The van der Waals surface area contributed by atoms with E-state index in [9.17, 15) is 4.79 Å². The normalized spacial score (nSPS) is 14.2. The minimum absolute atomic E-state index is 0.0742. The predicted molar refractivity (Wildman–Crippen MR) is 105 cm³/mol. The van der Waals surface area contributed by atoms with Crippen molar-refractivity contribution in [3.8, 4) is 11.4 Å². The van der Waals surface area contributed by atoms with Crippen molar-refractivity contribution in [3.63, 3.8) is 0 Å². The molecule has 3 aromatic rings. The second-order valence-corrected chi connectivity index (χ2v) is 7.45. The summed E-state index contributed by atoms with van der Waals surface area (Å²) in [6.07, 6.45) is 2.50. The van der Waals surface area contributed by atoms with Crippen molar-refractivity contribution in [3.05, 3.63) is 79.4 Å². The number of fused-ring (bicyclic) bond motifs is 1. The molecule has 1 aliphatic heterocycles. The van der Waals surface area contributed by atoms with Gasteiger partial charge in [-0.15, -0.1) is 0 Å². The number of hydrogen-bond acceptors (Lipinski definition) is 4. The van der Waals surface area contributed by atoms with Gasteiger partial charge in [-0.3, -0.25) is 9.69 Å². The number of H-pyrrole nitrogens is 1. The van der Waals surface area contributed by atoms with Crippen LogP contribution in [0.4, 0.5) is 0 Å². The van der Waals surface area contributed by atoms with E-state index in [1.165, 1.54) is 0 Å². The van der Waals surface area contributed by atoms with Gasteiger partial charge in [0.15, 0.2) is 0 Å². The molecule has 0 saturated carbocycles. The Morgan fingerprint density at radius 3 is 2.81 bits per heavy atom. The summed E-state index contributed by atoms with van der Waals surface area (Å²) in [6, 6.07) is 11.3. The van der Waals surface area contributed by atoms with Crippen molar-refractivity contribution in [2.75, 3.05) is 6.54 Å². The molecule has 0 saturated heterocycles. The number of nitrogens with one attached hydrogen (secondary N) is 1. The van der Waals surface area contributed by atoms with Crippen molar-refractivity contribution < 1.29 is 0 Å². The monoisotopic (exact) mass is 430 g/mol. The van der Waals surface area contributed by atoms with Crippen LogP contribution in [-0.4, -0.2) is 26.4 Å². The molecule has 0 aliphatic carbocycles. The molecule has 26 heavy (non-hydrogen) atoms. The first-order valence-corrected chi connectivity index (χ1v) is 9.47. The second kappa shape index (κ2) is 7.31. The smallest absolute Gasteiger partial charge is 0.255 e. The molecule has 0 atom stereocenters. The number of pyridine rings is 1. The van der Waals surface area contributed by atoms with Crippen LogP contribution in [0.15, 0.2) is 52.0 Å². The Kier molecular flexibility index (Phi) is 4.89. The van der Waals surface area contributed by atoms with Crippen molar-refractivity contribution in [2.45, 2.75) is 19.5 Å². The summed E-state index contributed by atoms with van der Waals surface area (Å²) in [5.74, 6) is 0.592. The van der Waals surface area contributed by atoms with Gasteiger partial charge in [-0.1, -0.05) is 17.7 Å². The van der Waals surface area contributed by atoms with E-state index in [2.05, 4.69) is 35.8 Å². The van der Waals surface area contributed by atoms with Crippen molar-refractivity contribution in [1.82, 2.24) is 19.9 Å². The number of aromatic nitrogens is 3.